The lowest BCUT2D eigenvalue weighted by atomic mass is 10.1. The van der Waals surface area contributed by atoms with E-state index in [1.165, 1.54) is 29.7 Å². The van der Waals surface area contributed by atoms with Gasteiger partial charge in [0.15, 0.2) is 0 Å². The molecule has 1 aliphatic rings. The first-order valence-electron chi connectivity index (χ1n) is 6.18. The van der Waals surface area contributed by atoms with Crippen molar-refractivity contribution in [2.75, 3.05) is 25.0 Å². The van der Waals surface area contributed by atoms with Gasteiger partial charge in [-0.25, -0.2) is 0 Å². The average Bonchev–Trinajstić information content (AvgIpc) is 3.06. The Morgan fingerprint density at radius 2 is 2.00 bits per heavy atom. The Labute approximate surface area is 98.7 Å². The smallest absolute Gasteiger partial charge is 0.0366 e. The summed E-state index contributed by atoms with van der Waals surface area (Å²) >= 11 is 0. The molecule has 0 saturated heterocycles. The summed E-state index contributed by atoms with van der Waals surface area (Å²) in [6, 6.07) is 7.50. The van der Waals surface area contributed by atoms with Crippen LogP contribution in [-0.2, 0) is 0 Å². The van der Waals surface area contributed by atoms with Crippen molar-refractivity contribution in [3.8, 4) is 0 Å². The topological polar surface area (TPSA) is 15.3 Å². The molecular weight excluding hydrogens is 196 g/mol. The summed E-state index contributed by atoms with van der Waals surface area (Å²) in [5.41, 5.74) is 4.06. The van der Waals surface area contributed by atoms with Crippen molar-refractivity contribution >= 4 is 5.69 Å². The molecule has 0 heterocycles. The average molecular weight is 218 g/mol. The lowest BCUT2D eigenvalue weighted by Crippen LogP contribution is -2.30. The van der Waals surface area contributed by atoms with Gasteiger partial charge in [0.2, 0.25) is 0 Å². The number of rotatable bonds is 5. The number of anilines is 1. The van der Waals surface area contributed by atoms with Crippen molar-refractivity contribution in [3.05, 3.63) is 29.3 Å². The van der Waals surface area contributed by atoms with E-state index in [0.717, 1.165) is 19.1 Å². The van der Waals surface area contributed by atoms with Crippen molar-refractivity contribution in [1.82, 2.24) is 5.32 Å². The standard InChI is InChI=1S/C14H22N2/c1-11-4-7-14(10-12(11)2)16(3)9-8-15-13-5-6-13/h4,7,10,13,15H,5-6,8-9H2,1-3H3. The Bertz CT molecular complexity index is 356. The third kappa shape index (κ3) is 2.99. The van der Waals surface area contributed by atoms with Gasteiger partial charge in [-0.3, -0.25) is 0 Å². The van der Waals surface area contributed by atoms with E-state index >= 15 is 0 Å². The van der Waals surface area contributed by atoms with Crippen molar-refractivity contribution in [2.45, 2.75) is 32.7 Å². The molecule has 1 fully saturated rings. The molecule has 1 aliphatic carbocycles. The van der Waals surface area contributed by atoms with Crippen LogP contribution in [0.5, 0.6) is 0 Å². The van der Waals surface area contributed by atoms with Gasteiger partial charge in [-0.1, -0.05) is 6.07 Å². The molecule has 1 aromatic carbocycles. The first kappa shape index (κ1) is 11.5. The first-order chi connectivity index (χ1) is 7.66. The van der Waals surface area contributed by atoms with Crippen molar-refractivity contribution in [2.24, 2.45) is 0 Å². The minimum absolute atomic E-state index is 0.813. The lowest BCUT2D eigenvalue weighted by Gasteiger charge is -2.20. The fraction of sp³-hybridized carbons (Fsp3) is 0.571. The number of hydrogen-bond donors (Lipinski definition) is 1. The first-order valence-corrected chi connectivity index (χ1v) is 6.18. The zero-order valence-corrected chi connectivity index (χ0v) is 10.6. The van der Waals surface area contributed by atoms with Crippen molar-refractivity contribution in [3.63, 3.8) is 0 Å². The number of aryl methyl sites for hydroxylation is 2. The van der Waals surface area contributed by atoms with Crippen LogP contribution < -0.4 is 10.2 Å². The minimum atomic E-state index is 0.813. The van der Waals surface area contributed by atoms with E-state index in [9.17, 15) is 0 Å². The van der Waals surface area contributed by atoms with Gasteiger partial charge in [-0.15, -0.1) is 0 Å². The van der Waals surface area contributed by atoms with E-state index in [2.05, 4.69) is 49.3 Å². The third-order valence-corrected chi connectivity index (χ3v) is 3.39. The van der Waals surface area contributed by atoms with Crippen LogP contribution in [0.4, 0.5) is 5.69 Å². The molecule has 0 bridgehead atoms. The molecule has 1 aromatic rings. The van der Waals surface area contributed by atoms with Gasteiger partial charge in [0, 0.05) is 31.9 Å². The Morgan fingerprint density at radius 3 is 2.62 bits per heavy atom. The van der Waals surface area contributed by atoms with Gasteiger partial charge in [0.05, 0.1) is 0 Å². The van der Waals surface area contributed by atoms with E-state index < -0.39 is 0 Å². The number of likely N-dealkylation sites (N-methyl/N-ethyl adjacent to an activating group) is 1. The SMILES string of the molecule is Cc1ccc(N(C)CCNC2CC2)cc1C. The molecular formula is C14H22N2. The van der Waals surface area contributed by atoms with Crippen LogP contribution in [0.25, 0.3) is 0 Å². The molecule has 0 aliphatic heterocycles. The summed E-state index contributed by atoms with van der Waals surface area (Å²) in [4.78, 5) is 2.32. The van der Waals surface area contributed by atoms with Gasteiger partial charge in [-0.2, -0.15) is 0 Å². The van der Waals surface area contributed by atoms with E-state index in [4.69, 9.17) is 0 Å². The van der Waals surface area contributed by atoms with Crippen LogP contribution in [-0.4, -0.2) is 26.2 Å². The van der Waals surface area contributed by atoms with Gasteiger partial charge in [0.25, 0.3) is 0 Å². The van der Waals surface area contributed by atoms with Gasteiger partial charge >= 0.3 is 0 Å². The Kier molecular flexibility index (Phi) is 3.49. The maximum atomic E-state index is 3.54. The zero-order chi connectivity index (χ0) is 11.5. The molecule has 0 unspecified atom stereocenters. The van der Waals surface area contributed by atoms with E-state index in [1.807, 2.05) is 0 Å². The van der Waals surface area contributed by atoms with Crippen LogP contribution in [0.1, 0.15) is 24.0 Å². The molecule has 2 rings (SSSR count). The molecule has 1 N–H and O–H groups in total. The summed E-state index contributed by atoms with van der Waals surface area (Å²) in [6.45, 7) is 6.51. The van der Waals surface area contributed by atoms with Crippen LogP contribution in [0.3, 0.4) is 0 Å². The second-order valence-electron chi connectivity index (χ2n) is 4.92. The van der Waals surface area contributed by atoms with Gasteiger partial charge in [-0.05, 0) is 49.9 Å². The van der Waals surface area contributed by atoms with Gasteiger partial charge in [0.1, 0.15) is 0 Å². The van der Waals surface area contributed by atoms with Crippen LogP contribution >= 0.6 is 0 Å². The minimum Gasteiger partial charge on any atom is -0.373 e. The maximum absolute atomic E-state index is 3.54. The summed E-state index contributed by atoms with van der Waals surface area (Å²) < 4.78 is 0. The maximum Gasteiger partial charge on any atom is 0.0366 e. The van der Waals surface area contributed by atoms with Crippen LogP contribution in [0.2, 0.25) is 0 Å². The molecule has 2 heteroatoms. The van der Waals surface area contributed by atoms with Gasteiger partial charge < -0.3 is 10.2 Å². The predicted molar refractivity (Wildman–Crippen MR) is 70.2 cm³/mol. The van der Waals surface area contributed by atoms with E-state index in [-0.39, 0.29) is 0 Å². The Morgan fingerprint density at radius 1 is 1.25 bits per heavy atom. The summed E-state index contributed by atoms with van der Waals surface area (Å²) in [7, 11) is 2.17. The van der Waals surface area contributed by atoms with Crippen LogP contribution in [0, 0.1) is 13.8 Å². The largest absolute Gasteiger partial charge is 0.373 e. The van der Waals surface area contributed by atoms with Crippen molar-refractivity contribution < 1.29 is 0 Å². The highest BCUT2D eigenvalue weighted by atomic mass is 15.1. The number of nitrogens with zero attached hydrogens (tertiary/aromatic N) is 1. The fourth-order valence-corrected chi connectivity index (χ4v) is 1.82. The third-order valence-electron chi connectivity index (χ3n) is 3.39. The summed E-state index contributed by atoms with van der Waals surface area (Å²) in [5, 5.41) is 3.54. The van der Waals surface area contributed by atoms with E-state index in [1.54, 1.807) is 0 Å². The summed E-state index contributed by atoms with van der Waals surface area (Å²) in [5.74, 6) is 0. The monoisotopic (exact) mass is 218 g/mol. The molecule has 0 amide bonds. The molecule has 1 saturated carbocycles. The molecule has 0 radical (unpaired) electrons. The molecule has 0 spiro atoms. The zero-order valence-electron chi connectivity index (χ0n) is 10.6. The highest BCUT2D eigenvalue weighted by Gasteiger charge is 2.19. The normalized spacial score (nSPS) is 15.2. The number of nitrogens with one attached hydrogen (secondary N) is 1. The quantitative estimate of drug-likeness (QED) is 0.817. The number of hydrogen-bond acceptors (Lipinski definition) is 2. The second kappa shape index (κ2) is 4.88. The predicted octanol–water partition coefficient (Wildman–Crippen LogP) is 2.49. The number of benzene rings is 1. The molecule has 0 aromatic heterocycles. The molecule has 16 heavy (non-hydrogen) atoms. The molecule has 0 atom stereocenters. The van der Waals surface area contributed by atoms with Crippen LogP contribution in [0.15, 0.2) is 18.2 Å². The lowest BCUT2D eigenvalue weighted by molar-refractivity contribution is 0.675. The highest BCUT2D eigenvalue weighted by Crippen LogP contribution is 2.19. The van der Waals surface area contributed by atoms with Crippen molar-refractivity contribution in [1.29, 1.82) is 0 Å². The Hall–Kier alpha value is -1.02. The molecule has 2 nitrogen and oxygen atoms in total. The highest BCUT2D eigenvalue weighted by molar-refractivity contribution is 5.49. The second-order valence-corrected chi connectivity index (χ2v) is 4.92. The Balaban J connectivity index is 1.86. The summed E-state index contributed by atoms with van der Waals surface area (Å²) in [6.07, 6.45) is 2.74. The molecule has 88 valence electrons. The fourth-order valence-electron chi connectivity index (χ4n) is 1.82. The van der Waals surface area contributed by atoms with E-state index in [0.29, 0.717) is 0 Å².